The normalized spacial score (nSPS) is 14.4. The van der Waals surface area contributed by atoms with Crippen molar-refractivity contribution in [2.24, 2.45) is 22.2 Å². The van der Waals surface area contributed by atoms with Gasteiger partial charge in [0.1, 0.15) is 23.9 Å². The number of carboxylic acids is 1. The van der Waals surface area contributed by atoms with Gasteiger partial charge in [-0.1, -0.05) is 42.5 Å². The summed E-state index contributed by atoms with van der Waals surface area (Å²) in [7, 11) is 0. The number of nitrogens with zero attached hydrogens (tertiary/aromatic N) is 1. The zero-order valence-electron chi connectivity index (χ0n) is 23.3. The molecule has 42 heavy (non-hydrogen) atoms. The number of carboxylic acid groups (broad SMARTS) is 1. The van der Waals surface area contributed by atoms with Gasteiger partial charge in [-0.15, -0.1) is 0 Å². The fraction of sp³-hybridized carbons (Fsp3) is 0.393. The Morgan fingerprint density at radius 2 is 1.43 bits per heavy atom. The van der Waals surface area contributed by atoms with Crippen molar-refractivity contribution in [2.45, 2.75) is 62.9 Å². The van der Waals surface area contributed by atoms with Crippen molar-refractivity contribution in [1.29, 1.82) is 0 Å². The van der Waals surface area contributed by atoms with Gasteiger partial charge in [0.15, 0.2) is 5.96 Å². The first-order valence-electron chi connectivity index (χ1n) is 13.3. The number of rotatable bonds is 16. The van der Waals surface area contributed by atoms with E-state index in [1.807, 2.05) is 18.2 Å². The van der Waals surface area contributed by atoms with Crippen LogP contribution < -0.4 is 33.2 Å². The van der Waals surface area contributed by atoms with E-state index in [9.17, 15) is 34.5 Å². The predicted molar refractivity (Wildman–Crippen MR) is 155 cm³/mol. The number of carbonyl (C=O) groups excluding carboxylic acids is 3. The molecule has 0 aliphatic carbocycles. The average molecular weight is 586 g/mol. The molecule has 2 rings (SSSR count). The van der Waals surface area contributed by atoms with Gasteiger partial charge in [0.25, 0.3) is 0 Å². The lowest BCUT2D eigenvalue weighted by Gasteiger charge is -2.26. The Labute approximate surface area is 243 Å². The number of nitrogens with two attached hydrogens (primary N) is 3. The lowest BCUT2D eigenvalue weighted by Crippen LogP contribution is -2.60. The summed E-state index contributed by atoms with van der Waals surface area (Å²) in [5.74, 6) is -3.85. The molecule has 5 unspecified atom stereocenters. The van der Waals surface area contributed by atoms with Gasteiger partial charge in [-0.25, -0.2) is 4.79 Å². The quantitative estimate of drug-likeness (QED) is 0.0624. The second-order valence-corrected chi connectivity index (χ2v) is 9.80. The third kappa shape index (κ3) is 11.4. The van der Waals surface area contributed by atoms with E-state index in [0.717, 1.165) is 5.56 Å². The smallest absolute Gasteiger partial charge is 0.326 e. The highest BCUT2D eigenvalue weighted by molar-refractivity contribution is 5.94. The van der Waals surface area contributed by atoms with E-state index < -0.39 is 54.0 Å². The topological polar surface area (TPSA) is 255 Å². The standard InChI is InChI=1S/C28H39N7O7/c1-16(36)23(26(40)33-21(27(41)42)8-5-13-32-28(30)31)35-25(39)22(15-18-9-11-19(37)12-10-18)34-24(38)20(29)14-17-6-3-2-4-7-17/h2-4,6-7,9-12,16,20-23,36-37H,5,8,13-15,29H2,1H3,(H,33,40)(H,34,38)(H,35,39)(H,41,42)(H4,30,31,32). The Morgan fingerprint density at radius 1 is 0.833 bits per heavy atom. The van der Waals surface area contributed by atoms with Gasteiger partial charge in [0, 0.05) is 13.0 Å². The number of nitrogens with one attached hydrogen (secondary N) is 3. The van der Waals surface area contributed by atoms with Crippen LogP contribution in [-0.2, 0) is 32.0 Å². The van der Waals surface area contributed by atoms with Crippen LogP contribution in [0.2, 0.25) is 0 Å². The largest absolute Gasteiger partial charge is 0.508 e. The lowest BCUT2D eigenvalue weighted by atomic mass is 10.0. The van der Waals surface area contributed by atoms with Crippen LogP contribution in [0.5, 0.6) is 5.75 Å². The van der Waals surface area contributed by atoms with E-state index in [0.29, 0.717) is 5.56 Å². The van der Waals surface area contributed by atoms with Crippen LogP contribution in [0.25, 0.3) is 0 Å². The molecule has 0 saturated heterocycles. The van der Waals surface area contributed by atoms with Crippen molar-refractivity contribution >= 4 is 29.7 Å². The number of benzene rings is 2. The second kappa shape index (κ2) is 16.5. The number of phenolic OH excluding ortho intramolecular Hbond substituents is 1. The summed E-state index contributed by atoms with van der Waals surface area (Å²) in [6.07, 6.45) is -1.02. The Morgan fingerprint density at radius 3 is 2.00 bits per heavy atom. The van der Waals surface area contributed by atoms with Crippen LogP contribution >= 0.6 is 0 Å². The summed E-state index contributed by atoms with van der Waals surface area (Å²) in [4.78, 5) is 54.8. The van der Waals surface area contributed by atoms with Gasteiger partial charge in [0.2, 0.25) is 17.7 Å². The molecule has 228 valence electrons. The number of guanidine groups is 1. The number of hydrogen-bond donors (Lipinski definition) is 9. The first kappa shape index (κ1) is 33.5. The van der Waals surface area contributed by atoms with E-state index in [4.69, 9.17) is 17.2 Å². The van der Waals surface area contributed by atoms with Gasteiger partial charge >= 0.3 is 5.97 Å². The van der Waals surface area contributed by atoms with Crippen LogP contribution in [0.4, 0.5) is 0 Å². The van der Waals surface area contributed by atoms with Crippen molar-refractivity contribution < 1.29 is 34.5 Å². The summed E-state index contributed by atoms with van der Waals surface area (Å²) in [5, 5.41) is 36.8. The third-order valence-corrected chi connectivity index (χ3v) is 6.27. The number of aliphatic hydroxyl groups excluding tert-OH is 1. The van der Waals surface area contributed by atoms with Crippen molar-refractivity contribution in [1.82, 2.24) is 16.0 Å². The van der Waals surface area contributed by atoms with Gasteiger partial charge in [0.05, 0.1) is 12.1 Å². The molecular weight excluding hydrogens is 546 g/mol. The van der Waals surface area contributed by atoms with Gasteiger partial charge in [-0.2, -0.15) is 0 Å². The molecule has 14 nitrogen and oxygen atoms in total. The molecule has 0 saturated carbocycles. The minimum Gasteiger partial charge on any atom is -0.508 e. The zero-order valence-corrected chi connectivity index (χ0v) is 23.3. The Kier molecular flexibility index (Phi) is 13.2. The average Bonchev–Trinajstić information content (AvgIpc) is 2.93. The maximum absolute atomic E-state index is 13.4. The van der Waals surface area contributed by atoms with E-state index in [-0.39, 0.29) is 43.9 Å². The molecule has 0 heterocycles. The van der Waals surface area contributed by atoms with Crippen LogP contribution in [0.15, 0.2) is 59.6 Å². The first-order chi connectivity index (χ1) is 19.9. The highest BCUT2D eigenvalue weighted by Gasteiger charge is 2.32. The van der Waals surface area contributed by atoms with Crippen LogP contribution in [0, 0.1) is 0 Å². The van der Waals surface area contributed by atoms with E-state index in [1.54, 1.807) is 24.3 Å². The molecule has 0 radical (unpaired) electrons. The Bertz CT molecular complexity index is 1220. The number of aromatic hydroxyl groups is 1. The predicted octanol–water partition coefficient (Wildman–Crippen LogP) is -1.52. The number of hydrogen-bond acceptors (Lipinski definition) is 8. The molecule has 3 amide bonds. The number of carbonyl (C=O) groups is 4. The molecule has 2 aromatic carbocycles. The maximum atomic E-state index is 13.4. The summed E-state index contributed by atoms with van der Waals surface area (Å²) in [5.41, 5.74) is 18.0. The molecule has 5 atom stereocenters. The molecule has 0 spiro atoms. The number of aliphatic carboxylic acids is 1. The summed E-state index contributed by atoms with van der Waals surface area (Å²) < 4.78 is 0. The summed E-state index contributed by atoms with van der Waals surface area (Å²) in [6, 6.07) is 9.90. The molecule has 0 fully saturated rings. The molecule has 0 aromatic heterocycles. The number of amides is 3. The highest BCUT2D eigenvalue weighted by Crippen LogP contribution is 2.12. The van der Waals surface area contributed by atoms with E-state index in [2.05, 4.69) is 20.9 Å². The minimum absolute atomic E-state index is 0.00537. The van der Waals surface area contributed by atoms with Crippen LogP contribution in [0.3, 0.4) is 0 Å². The Balaban J connectivity index is 2.17. The monoisotopic (exact) mass is 585 g/mol. The van der Waals surface area contributed by atoms with Gasteiger partial charge < -0.3 is 48.5 Å². The molecule has 0 bridgehead atoms. The Hall–Kier alpha value is -4.69. The van der Waals surface area contributed by atoms with E-state index >= 15 is 0 Å². The fourth-order valence-electron chi connectivity index (χ4n) is 4.00. The number of aliphatic hydroxyl groups is 1. The van der Waals surface area contributed by atoms with Crippen molar-refractivity contribution in [3.8, 4) is 5.75 Å². The van der Waals surface area contributed by atoms with Crippen molar-refractivity contribution in [3.63, 3.8) is 0 Å². The maximum Gasteiger partial charge on any atom is 0.326 e. The molecule has 0 aliphatic rings. The van der Waals surface area contributed by atoms with Crippen LogP contribution in [-0.4, -0.2) is 81.8 Å². The highest BCUT2D eigenvalue weighted by atomic mass is 16.4. The zero-order chi connectivity index (χ0) is 31.2. The summed E-state index contributed by atoms with van der Waals surface area (Å²) >= 11 is 0. The minimum atomic E-state index is -1.55. The second-order valence-electron chi connectivity index (χ2n) is 9.80. The molecular formula is C28H39N7O7. The summed E-state index contributed by atoms with van der Waals surface area (Å²) in [6.45, 7) is 1.39. The molecule has 0 aliphatic heterocycles. The van der Waals surface area contributed by atoms with Crippen LogP contribution in [0.1, 0.15) is 30.9 Å². The lowest BCUT2D eigenvalue weighted by molar-refractivity contribution is -0.143. The van der Waals surface area contributed by atoms with Crippen molar-refractivity contribution in [2.75, 3.05) is 6.54 Å². The van der Waals surface area contributed by atoms with Gasteiger partial charge in [-0.05, 0) is 49.4 Å². The number of aliphatic imine (C=N–C) groups is 1. The third-order valence-electron chi connectivity index (χ3n) is 6.27. The van der Waals surface area contributed by atoms with Gasteiger partial charge in [-0.3, -0.25) is 19.4 Å². The fourth-order valence-corrected chi connectivity index (χ4v) is 4.00. The molecule has 2 aromatic rings. The molecule has 12 N–H and O–H groups in total. The van der Waals surface area contributed by atoms with Crippen molar-refractivity contribution in [3.05, 3.63) is 65.7 Å². The first-order valence-corrected chi connectivity index (χ1v) is 13.3. The molecule has 14 heteroatoms. The SMILES string of the molecule is CC(O)C(NC(=O)C(Cc1ccc(O)cc1)NC(=O)C(N)Cc1ccccc1)C(=O)NC(CCCN=C(N)N)C(=O)O. The van der Waals surface area contributed by atoms with E-state index in [1.165, 1.54) is 19.1 Å². The number of phenols is 1.